The Balaban J connectivity index is 1.54. The van der Waals surface area contributed by atoms with Crippen molar-refractivity contribution < 1.29 is 18.4 Å². The van der Waals surface area contributed by atoms with Crippen LogP contribution in [0.5, 0.6) is 0 Å². The Bertz CT molecular complexity index is 1230. The molecule has 0 bridgehead atoms. The molecule has 0 spiro atoms. The number of hydrogen-bond donors (Lipinski definition) is 0. The fourth-order valence-electron chi connectivity index (χ4n) is 4.34. The minimum Gasteiger partial charge on any atom is -0.362 e. The average Bonchev–Trinajstić information content (AvgIpc) is 3.05. The number of amides is 2. The molecule has 6 heteroatoms. The third-order valence-electron chi connectivity index (χ3n) is 5.98. The Morgan fingerprint density at radius 2 is 1.38 bits per heavy atom. The topological polar surface area (TPSA) is 40.6 Å². The van der Waals surface area contributed by atoms with Gasteiger partial charge < -0.3 is 4.90 Å². The quantitative estimate of drug-likeness (QED) is 0.580. The molecular weight excluding hydrogens is 410 g/mol. The normalized spacial score (nSPS) is 16.1. The monoisotopic (exact) mass is 430 g/mol. The summed E-state index contributed by atoms with van der Waals surface area (Å²) in [5.74, 6) is -1.62. The molecular formula is C26H20F2N2O2. The van der Waals surface area contributed by atoms with E-state index in [-0.39, 0.29) is 17.9 Å². The van der Waals surface area contributed by atoms with Gasteiger partial charge in [0, 0.05) is 13.1 Å². The first-order valence-electron chi connectivity index (χ1n) is 10.4. The van der Waals surface area contributed by atoms with Crippen LogP contribution in [0.3, 0.4) is 0 Å². The van der Waals surface area contributed by atoms with Crippen molar-refractivity contribution in [2.24, 2.45) is 0 Å². The van der Waals surface area contributed by atoms with Gasteiger partial charge in [-0.25, -0.2) is 8.78 Å². The van der Waals surface area contributed by atoms with Crippen LogP contribution in [0.25, 0.3) is 5.57 Å². The largest absolute Gasteiger partial charge is 0.362 e. The summed E-state index contributed by atoms with van der Waals surface area (Å²) in [7, 11) is 0. The predicted octanol–water partition coefficient (Wildman–Crippen LogP) is 4.30. The SMILES string of the molecule is O=C1C(c2ccc(F)cc2)=C(N2CCc3ccccc3C2)C(=O)N1Cc1ccc(F)cc1. The van der Waals surface area contributed by atoms with Gasteiger partial charge in [-0.3, -0.25) is 14.5 Å². The maximum Gasteiger partial charge on any atom is 0.278 e. The lowest BCUT2D eigenvalue weighted by molar-refractivity contribution is -0.138. The summed E-state index contributed by atoms with van der Waals surface area (Å²) in [4.78, 5) is 30.0. The summed E-state index contributed by atoms with van der Waals surface area (Å²) in [6, 6.07) is 19.4. The van der Waals surface area contributed by atoms with Crippen LogP contribution >= 0.6 is 0 Å². The Labute approximate surface area is 184 Å². The number of carbonyl (C=O) groups excluding carboxylic acids is 2. The van der Waals surface area contributed by atoms with Gasteiger partial charge in [-0.1, -0.05) is 48.5 Å². The number of benzene rings is 3. The highest BCUT2D eigenvalue weighted by molar-refractivity contribution is 6.35. The van der Waals surface area contributed by atoms with E-state index < -0.39 is 17.6 Å². The van der Waals surface area contributed by atoms with E-state index in [1.165, 1.54) is 46.9 Å². The highest BCUT2D eigenvalue weighted by atomic mass is 19.1. The van der Waals surface area contributed by atoms with E-state index in [1.807, 2.05) is 23.1 Å². The molecule has 32 heavy (non-hydrogen) atoms. The molecule has 2 heterocycles. The molecule has 160 valence electrons. The molecule has 4 nitrogen and oxygen atoms in total. The van der Waals surface area contributed by atoms with Crippen molar-refractivity contribution in [2.45, 2.75) is 19.5 Å². The molecule has 5 rings (SSSR count). The Morgan fingerprint density at radius 3 is 2.06 bits per heavy atom. The highest BCUT2D eigenvalue weighted by Crippen LogP contribution is 2.35. The molecule has 2 aliphatic heterocycles. The molecule has 0 aliphatic carbocycles. The summed E-state index contributed by atoms with van der Waals surface area (Å²) >= 11 is 0. The zero-order valence-electron chi connectivity index (χ0n) is 17.2. The summed E-state index contributed by atoms with van der Waals surface area (Å²) in [6.07, 6.45) is 0.760. The second-order valence-corrected chi connectivity index (χ2v) is 7.99. The Hall–Kier alpha value is -3.80. The van der Waals surface area contributed by atoms with Gasteiger partial charge in [0.2, 0.25) is 0 Å². The van der Waals surface area contributed by atoms with Crippen LogP contribution in [-0.2, 0) is 29.1 Å². The van der Waals surface area contributed by atoms with Gasteiger partial charge in [0.05, 0.1) is 12.1 Å². The van der Waals surface area contributed by atoms with Gasteiger partial charge in [0.15, 0.2) is 0 Å². The minimum absolute atomic E-state index is 0.0383. The van der Waals surface area contributed by atoms with Crippen LogP contribution in [0.15, 0.2) is 78.5 Å². The maximum atomic E-state index is 13.5. The van der Waals surface area contributed by atoms with E-state index in [2.05, 4.69) is 6.07 Å². The number of halogens is 2. The van der Waals surface area contributed by atoms with Crippen molar-refractivity contribution in [3.05, 3.63) is 112 Å². The third kappa shape index (κ3) is 3.58. The third-order valence-corrected chi connectivity index (χ3v) is 5.98. The summed E-state index contributed by atoms with van der Waals surface area (Å²) in [5, 5.41) is 0. The van der Waals surface area contributed by atoms with Gasteiger partial charge in [0.1, 0.15) is 17.3 Å². The smallest absolute Gasteiger partial charge is 0.278 e. The molecule has 0 saturated carbocycles. The highest BCUT2D eigenvalue weighted by Gasteiger charge is 2.42. The van der Waals surface area contributed by atoms with Gasteiger partial charge in [-0.15, -0.1) is 0 Å². The lowest BCUT2D eigenvalue weighted by atomic mass is 9.98. The van der Waals surface area contributed by atoms with E-state index in [9.17, 15) is 18.4 Å². The number of imide groups is 1. The fraction of sp³-hybridized carbons (Fsp3) is 0.154. The molecule has 2 amide bonds. The first-order valence-corrected chi connectivity index (χ1v) is 10.4. The van der Waals surface area contributed by atoms with E-state index in [4.69, 9.17) is 0 Å². The molecule has 0 fully saturated rings. The van der Waals surface area contributed by atoms with Crippen LogP contribution in [0.4, 0.5) is 8.78 Å². The standard InChI is InChI=1S/C26H20F2N2O2/c27-21-9-5-17(6-10-21)15-30-25(31)23(19-7-11-22(28)12-8-19)24(26(30)32)29-14-13-18-3-1-2-4-20(18)16-29/h1-12H,13-16H2. The molecule has 0 atom stereocenters. The molecule has 3 aromatic carbocycles. The summed E-state index contributed by atoms with van der Waals surface area (Å²) in [6.45, 7) is 1.15. The van der Waals surface area contributed by atoms with Crippen molar-refractivity contribution in [3.63, 3.8) is 0 Å². The van der Waals surface area contributed by atoms with Crippen LogP contribution < -0.4 is 0 Å². The van der Waals surface area contributed by atoms with Crippen molar-refractivity contribution in [1.82, 2.24) is 9.80 Å². The number of rotatable bonds is 4. The van der Waals surface area contributed by atoms with Crippen molar-refractivity contribution >= 4 is 17.4 Å². The second kappa shape index (κ2) is 8.04. The molecule has 2 aliphatic rings. The lowest BCUT2D eigenvalue weighted by Gasteiger charge is -2.31. The van der Waals surface area contributed by atoms with Gasteiger partial charge in [-0.05, 0) is 52.9 Å². The number of fused-ring (bicyclic) bond motifs is 1. The average molecular weight is 430 g/mol. The van der Waals surface area contributed by atoms with Gasteiger partial charge >= 0.3 is 0 Å². The van der Waals surface area contributed by atoms with Crippen molar-refractivity contribution in [1.29, 1.82) is 0 Å². The lowest BCUT2D eigenvalue weighted by Crippen LogP contribution is -2.37. The predicted molar refractivity (Wildman–Crippen MR) is 116 cm³/mol. The van der Waals surface area contributed by atoms with Crippen molar-refractivity contribution in [2.75, 3.05) is 6.54 Å². The number of hydrogen-bond acceptors (Lipinski definition) is 3. The summed E-state index contributed by atoms with van der Waals surface area (Å²) < 4.78 is 26.8. The van der Waals surface area contributed by atoms with E-state index in [0.29, 0.717) is 29.9 Å². The van der Waals surface area contributed by atoms with E-state index in [0.717, 1.165) is 12.0 Å². The van der Waals surface area contributed by atoms with Crippen LogP contribution in [0, 0.1) is 11.6 Å². The summed E-state index contributed by atoms with van der Waals surface area (Å²) in [5.41, 5.74) is 4.10. The zero-order valence-corrected chi connectivity index (χ0v) is 17.2. The zero-order chi connectivity index (χ0) is 22.2. The maximum absolute atomic E-state index is 13.5. The molecule has 0 radical (unpaired) electrons. The molecule has 0 unspecified atom stereocenters. The fourth-order valence-corrected chi connectivity index (χ4v) is 4.34. The van der Waals surface area contributed by atoms with Gasteiger partial charge in [-0.2, -0.15) is 0 Å². The van der Waals surface area contributed by atoms with Crippen LogP contribution in [0.1, 0.15) is 22.3 Å². The Morgan fingerprint density at radius 1 is 0.750 bits per heavy atom. The number of carbonyl (C=O) groups is 2. The van der Waals surface area contributed by atoms with Gasteiger partial charge in [0.25, 0.3) is 11.8 Å². The van der Waals surface area contributed by atoms with E-state index >= 15 is 0 Å². The van der Waals surface area contributed by atoms with Crippen molar-refractivity contribution in [3.8, 4) is 0 Å². The molecule has 0 saturated heterocycles. The minimum atomic E-state index is -0.431. The first kappa shape index (κ1) is 20.1. The van der Waals surface area contributed by atoms with E-state index in [1.54, 1.807) is 12.1 Å². The number of nitrogens with zero attached hydrogens (tertiary/aromatic N) is 2. The molecule has 3 aromatic rings. The Kier molecular flexibility index (Phi) is 5.05. The van der Waals surface area contributed by atoms with Crippen LogP contribution in [-0.4, -0.2) is 28.2 Å². The molecule has 0 aromatic heterocycles. The second-order valence-electron chi connectivity index (χ2n) is 7.99. The van der Waals surface area contributed by atoms with Crippen LogP contribution in [0.2, 0.25) is 0 Å². The molecule has 0 N–H and O–H groups in total. The first-order chi connectivity index (χ1) is 15.5.